The molecule has 0 spiro atoms. The van der Waals surface area contributed by atoms with E-state index >= 15 is 0 Å². The van der Waals surface area contributed by atoms with Gasteiger partial charge in [0, 0.05) is 37.3 Å². The van der Waals surface area contributed by atoms with Crippen LogP contribution in [0.3, 0.4) is 0 Å². The SMILES string of the molecule is O=C1c2ccccc2C(=O)c2c1nc(C(F)(F)F)n2CCN1CCOCC1. The Morgan fingerprint density at radius 3 is 2.26 bits per heavy atom. The number of hydrogen-bond acceptors (Lipinski definition) is 5. The van der Waals surface area contributed by atoms with E-state index in [0.717, 1.165) is 4.57 Å². The minimum Gasteiger partial charge on any atom is -0.379 e. The van der Waals surface area contributed by atoms with Gasteiger partial charge in [-0.3, -0.25) is 14.5 Å². The molecule has 27 heavy (non-hydrogen) atoms. The second kappa shape index (κ2) is 6.58. The lowest BCUT2D eigenvalue weighted by Crippen LogP contribution is -2.39. The van der Waals surface area contributed by atoms with Crippen molar-refractivity contribution in [3.05, 3.63) is 52.6 Å². The van der Waals surface area contributed by atoms with Crippen molar-refractivity contribution in [1.29, 1.82) is 0 Å². The number of carbonyl (C=O) groups is 2. The third kappa shape index (κ3) is 3.06. The molecule has 1 saturated heterocycles. The lowest BCUT2D eigenvalue weighted by atomic mass is 9.90. The Kier molecular flexibility index (Phi) is 4.35. The minimum atomic E-state index is -4.77. The van der Waals surface area contributed by atoms with Crippen LogP contribution in [-0.2, 0) is 17.5 Å². The van der Waals surface area contributed by atoms with Gasteiger partial charge in [0.1, 0.15) is 11.4 Å². The number of imidazole rings is 1. The molecule has 6 nitrogen and oxygen atoms in total. The Labute approximate surface area is 152 Å². The average Bonchev–Trinajstić information content (AvgIpc) is 3.06. The molecular weight excluding hydrogens is 363 g/mol. The number of carbonyl (C=O) groups excluding carboxylic acids is 2. The summed E-state index contributed by atoms with van der Waals surface area (Å²) in [7, 11) is 0. The molecular formula is C18H16F3N3O3. The average molecular weight is 379 g/mol. The van der Waals surface area contributed by atoms with Gasteiger partial charge < -0.3 is 9.30 Å². The summed E-state index contributed by atoms with van der Waals surface area (Å²) in [6.45, 7) is 2.45. The summed E-state index contributed by atoms with van der Waals surface area (Å²) in [6.07, 6.45) is -4.77. The van der Waals surface area contributed by atoms with Crippen molar-refractivity contribution in [2.24, 2.45) is 0 Å². The van der Waals surface area contributed by atoms with E-state index in [4.69, 9.17) is 4.74 Å². The van der Waals surface area contributed by atoms with Crippen molar-refractivity contribution in [3.8, 4) is 0 Å². The Hall–Kier alpha value is -2.52. The second-order valence-corrected chi connectivity index (χ2v) is 6.44. The van der Waals surface area contributed by atoms with Crippen LogP contribution < -0.4 is 0 Å². The maximum atomic E-state index is 13.5. The predicted octanol–water partition coefficient (Wildman–Crippen LogP) is 2.01. The van der Waals surface area contributed by atoms with Crippen LogP contribution >= 0.6 is 0 Å². The first-order valence-corrected chi connectivity index (χ1v) is 8.54. The van der Waals surface area contributed by atoms with Gasteiger partial charge in [-0.15, -0.1) is 0 Å². The van der Waals surface area contributed by atoms with E-state index in [9.17, 15) is 22.8 Å². The fourth-order valence-electron chi connectivity index (χ4n) is 3.48. The number of alkyl halides is 3. The number of ketones is 2. The third-order valence-corrected chi connectivity index (χ3v) is 4.81. The number of halogens is 3. The molecule has 4 rings (SSSR count). The number of ether oxygens (including phenoxy) is 1. The highest BCUT2D eigenvalue weighted by Crippen LogP contribution is 2.34. The van der Waals surface area contributed by atoms with Crippen LogP contribution in [-0.4, -0.2) is 58.9 Å². The maximum Gasteiger partial charge on any atom is 0.449 e. The number of aromatic nitrogens is 2. The molecule has 1 aliphatic carbocycles. The molecule has 0 saturated carbocycles. The smallest absolute Gasteiger partial charge is 0.379 e. The molecule has 0 unspecified atom stereocenters. The van der Waals surface area contributed by atoms with Crippen LogP contribution in [0, 0.1) is 0 Å². The highest BCUT2D eigenvalue weighted by atomic mass is 19.4. The summed E-state index contributed by atoms with van der Waals surface area (Å²) in [5.74, 6) is -2.48. The predicted molar refractivity (Wildman–Crippen MR) is 87.8 cm³/mol. The Morgan fingerprint density at radius 1 is 1.00 bits per heavy atom. The van der Waals surface area contributed by atoms with Gasteiger partial charge in [-0.2, -0.15) is 13.2 Å². The highest BCUT2D eigenvalue weighted by Gasteiger charge is 2.43. The maximum absolute atomic E-state index is 13.5. The van der Waals surface area contributed by atoms with Crippen molar-refractivity contribution in [1.82, 2.24) is 14.5 Å². The zero-order chi connectivity index (χ0) is 19.2. The van der Waals surface area contributed by atoms with Crippen LogP contribution in [0.2, 0.25) is 0 Å². The first kappa shape index (κ1) is 17.9. The van der Waals surface area contributed by atoms with Gasteiger partial charge in [0.25, 0.3) is 0 Å². The number of rotatable bonds is 3. The number of benzene rings is 1. The van der Waals surface area contributed by atoms with E-state index < -0.39 is 29.3 Å². The monoisotopic (exact) mass is 379 g/mol. The number of fused-ring (bicyclic) bond motifs is 2. The first-order chi connectivity index (χ1) is 12.9. The summed E-state index contributed by atoms with van der Waals surface area (Å²) in [4.78, 5) is 31.0. The van der Waals surface area contributed by atoms with E-state index in [1.54, 1.807) is 12.1 Å². The van der Waals surface area contributed by atoms with Crippen molar-refractivity contribution in [2.75, 3.05) is 32.8 Å². The van der Waals surface area contributed by atoms with E-state index in [-0.39, 0.29) is 23.4 Å². The molecule has 2 aromatic rings. The summed E-state index contributed by atoms with van der Waals surface area (Å²) >= 11 is 0. The van der Waals surface area contributed by atoms with Crippen molar-refractivity contribution >= 4 is 11.6 Å². The molecule has 1 aliphatic heterocycles. The van der Waals surface area contributed by atoms with Crippen molar-refractivity contribution < 1.29 is 27.5 Å². The van der Waals surface area contributed by atoms with E-state index in [1.807, 2.05) is 4.90 Å². The van der Waals surface area contributed by atoms with Gasteiger partial charge in [-0.1, -0.05) is 24.3 Å². The molecule has 0 bridgehead atoms. The molecule has 1 aromatic carbocycles. The molecule has 0 amide bonds. The number of hydrogen-bond donors (Lipinski definition) is 0. The van der Waals surface area contributed by atoms with Crippen LogP contribution in [0.1, 0.15) is 37.9 Å². The fourth-order valence-corrected chi connectivity index (χ4v) is 3.48. The van der Waals surface area contributed by atoms with E-state index in [2.05, 4.69) is 4.98 Å². The molecule has 0 atom stereocenters. The van der Waals surface area contributed by atoms with E-state index in [1.165, 1.54) is 12.1 Å². The molecule has 1 aromatic heterocycles. The van der Waals surface area contributed by atoms with Gasteiger partial charge in [-0.05, 0) is 0 Å². The molecule has 2 aliphatic rings. The summed E-state index contributed by atoms with van der Waals surface area (Å²) < 4.78 is 46.7. The zero-order valence-corrected chi connectivity index (χ0v) is 14.3. The van der Waals surface area contributed by atoms with E-state index in [0.29, 0.717) is 32.8 Å². The fraction of sp³-hybridized carbons (Fsp3) is 0.389. The normalized spacial score (nSPS) is 17.7. The zero-order valence-electron chi connectivity index (χ0n) is 14.3. The standard InChI is InChI=1S/C18H16F3N3O3/c19-18(20,21)17-22-13-14(24(17)6-5-23-7-9-27-10-8-23)16(26)12-4-2-1-3-11(12)15(13)25/h1-4H,5-10H2. The minimum absolute atomic E-state index is 0.0848. The topological polar surface area (TPSA) is 64.4 Å². The summed E-state index contributed by atoms with van der Waals surface area (Å²) in [5.41, 5.74) is -0.509. The molecule has 9 heteroatoms. The van der Waals surface area contributed by atoms with Crippen molar-refractivity contribution in [2.45, 2.75) is 12.7 Å². The quantitative estimate of drug-likeness (QED) is 0.697. The lowest BCUT2D eigenvalue weighted by molar-refractivity contribution is -0.147. The summed E-state index contributed by atoms with van der Waals surface area (Å²) in [6, 6.07) is 6.02. The first-order valence-electron chi connectivity index (χ1n) is 8.54. The molecule has 1 fully saturated rings. The highest BCUT2D eigenvalue weighted by molar-refractivity contribution is 6.27. The second-order valence-electron chi connectivity index (χ2n) is 6.44. The molecule has 0 radical (unpaired) electrons. The van der Waals surface area contributed by atoms with Gasteiger partial charge >= 0.3 is 6.18 Å². The molecule has 0 N–H and O–H groups in total. The number of morpholine rings is 1. The van der Waals surface area contributed by atoms with Crippen molar-refractivity contribution in [3.63, 3.8) is 0 Å². The van der Waals surface area contributed by atoms with Crippen LogP contribution in [0.25, 0.3) is 0 Å². The largest absolute Gasteiger partial charge is 0.449 e. The Morgan fingerprint density at radius 2 is 1.63 bits per heavy atom. The van der Waals surface area contributed by atoms with Crippen LogP contribution in [0.5, 0.6) is 0 Å². The van der Waals surface area contributed by atoms with Crippen LogP contribution in [0.4, 0.5) is 13.2 Å². The van der Waals surface area contributed by atoms with Gasteiger partial charge in [-0.25, -0.2) is 4.98 Å². The number of nitrogens with zero attached hydrogens (tertiary/aromatic N) is 3. The van der Waals surface area contributed by atoms with Crippen LogP contribution in [0.15, 0.2) is 24.3 Å². The Balaban J connectivity index is 1.77. The van der Waals surface area contributed by atoms with Gasteiger partial charge in [0.2, 0.25) is 17.4 Å². The molecule has 2 heterocycles. The lowest BCUT2D eigenvalue weighted by Gasteiger charge is -2.27. The van der Waals surface area contributed by atoms with Gasteiger partial charge in [0.05, 0.1) is 13.2 Å². The summed E-state index contributed by atoms with van der Waals surface area (Å²) in [5, 5.41) is 0. The van der Waals surface area contributed by atoms with Gasteiger partial charge in [0.15, 0.2) is 0 Å². The molecule has 142 valence electrons. The third-order valence-electron chi connectivity index (χ3n) is 4.81. The Bertz CT molecular complexity index is 914.